The maximum Gasteiger partial charge on any atom is 0.387 e. The number of halogens is 3. The quantitative estimate of drug-likeness (QED) is 0.361. The van der Waals surface area contributed by atoms with E-state index in [1.165, 1.54) is 0 Å². The van der Waals surface area contributed by atoms with Gasteiger partial charge in [-0.05, 0) is 6.07 Å². The average Bonchev–Trinajstić information content (AvgIpc) is 2.35. The Morgan fingerprint density at radius 2 is 2.16 bits per heavy atom. The molecule has 0 atom stereocenters. The summed E-state index contributed by atoms with van der Waals surface area (Å²) in [5, 5.41) is 10.9. The number of methoxy groups -OCH3 is 1. The van der Waals surface area contributed by atoms with Crippen molar-refractivity contribution in [1.82, 2.24) is 0 Å². The number of carbonyl (C=O) groups excluding carboxylic acids is 1. The van der Waals surface area contributed by atoms with E-state index >= 15 is 0 Å². The van der Waals surface area contributed by atoms with Gasteiger partial charge in [0, 0.05) is 11.6 Å². The minimum absolute atomic E-state index is 0.120. The molecule has 9 heteroatoms. The molecule has 0 radical (unpaired) electrons. The van der Waals surface area contributed by atoms with Gasteiger partial charge in [-0.2, -0.15) is 8.78 Å². The van der Waals surface area contributed by atoms with Crippen molar-refractivity contribution < 1.29 is 28.0 Å². The van der Waals surface area contributed by atoms with Crippen LogP contribution in [0.25, 0.3) is 0 Å². The molecule has 0 aliphatic carbocycles. The van der Waals surface area contributed by atoms with Gasteiger partial charge in [0.15, 0.2) is 0 Å². The van der Waals surface area contributed by atoms with E-state index in [0.29, 0.717) is 0 Å². The molecule has 1 rings (SSSR count). The first-order valence-electron chi connectivity index (χ1n) is 4.81. The maximum atomic E-state index is 12.1. The summed E-state index contributed by atoms with van der Waals surface area (Å²) in [5.74, 6) is -1.80. The smallest absolute Gasteiger partial charge is 0.387 e. The predicted molar refractivity (Wildman–Crippen MR) is 60.6 cm³/mol. The van der Waals surface area contributed by atoms with Gasteiger partial charge in [0.25, 0.3) is 5.69 Å². The van der Waals surface area contributed by atoms with Crippen LogP contribution < -0.4 is 4.74 Å². The number of hydrogen-bond donors (Lipinski definition) is 0. The van der Waals surface area contributed by atoms with E-state index in [0.717, 1.165) is 19.2 Å². The molecule has 0 heterocycles. The highest BCUT2D eigenvalue weighted by Gasteiger charge is 2.27. The van der Waals surface area contributed by atoms with E-state index < -0.39 is 34.5 Å². The Kier molecular flexibility index (Phi) is 4.99. The van der Waals surface area contributed by atoms with Crippen LogP contribution in [-0.4, -0.2) is 24.6 Å². The topological polar surface area (TPSA) is 78.7 Å². The summed E-state index contributed by atoms with van der Waals surface area (Å²) >= 11 is 5.50. The van der Waals surface area contributed by atoms with Crippen molar-refractivity contribution in [2.45, 2.75) is 12.5 Å². The predicted octanol–water partition coefficient (Wildman–Crippen LogP) is 2.72. The van der Waals surface area contributed by atoms with Gasteiger partial charge >= 0.3 is 12.6 Å². The molecule has 0 aromatic heterocycles. The Bertz CT molecular complexity index is 509. The minimum atomic E-state index is -3.13. The first kappa shape index (κ1) is 15.1. The fourth-order valence-electron chi connectivity index (χ4n) is 1.42. The molecule has 0 saturated heterocycles. The number of nitro benzene ring substituents is 1. The van der Waals surface area contributed by atoms with Crippen molar-refractivity contribution in [1.29, 1.82) is 0 Å². The molecule has 6 nitrogen and oxygen atoms in total. The Hall–Kier alpha value is -1.96. The van der Waals surface area contributed by atoms with Gasteiger partial charge in [0.05, 0.1) is 17.9 Å². The number of benzene rings is 1. The van der Waals surface area contributed by atoms with E-state index in [-0.39, 0.29) is 11.4 Å². The third-order valence-electron chi connectivity index (χ3n) is 2.12. The van der Waals surface area contributed by atoms with Gasteiger partial charge in [-0.15, -0.1) is 11.6 Å². The fourth-order valence-corrected chi connectivity index (χ4v) is 1.62. The zero-order chi connectivity index (χ0) is 14.6. The van der Waals surface area contributed by atoms with Crippen LogP contribution in [0, 0.1) is 10.1 Å². The van der Waals surface area contributed by atoms with Crippen LogP contribution in [0.15, 0.2) is 12.1 Å². The fraction of sp³-hybridized carbons (Fsp3) is 0.300. The van der Waals surface area contributed by atoms with E-state index in [1.54, 1.807) is 0 Å². The lowest BCUT2D eigenvalue weighted by Gasteiger charge is -2.09. The van der Waals surface area contributed by atoms with Gasteiger partial charge in [-0.3, -0.25) is 10.1 Å². The molecule has 1 aromatic rings. The summed E-state index contributed by atoms with van der Waals surface area (Å²) in [6.45, 7) is -3.13. The zero-order valence-electron chi connectivity index (χ0n) is 9.56. The zero-order valence-corrected chi connectivity index (χ0v) is 10.3. The second-order valence-electron chi connectivity index (χ2n) is 3.24. The van der Waals surface area contributed by atoms with Crippen molar-refractivity contribution in [3.8, 4) is 5.75 Å². The number of nitrogens with zero attached hydrogens (tertiary/aromatic N) is 1. The molecule has 0 aliphatic heterocycles. The van der Waals surface area contributed by atoms with Crippen molar-refractivity contribution in [2.24, 2.45) is 0 Å². The number of carbonyl (C=O) groups is 1. The number of esters is 1. The lowest BCUT2D eigenvalue weighted by Crippen LogP contribution is -2.10. The standard InChI is InChI=1S/C10H8ClF2NO5/c1-18-9(15)7-3-6(19-10(12)13)2-5(4-11)8(7)14(16)17/h2-3,10H,4H2,1H3. The highest BCUT2D eigenvalue weighted by atomic mass is 35.5. The highest BCUT2D eigenvalue weighted by molar-refractivity contribution is 6.17. The molecular weight excluding hydrogens is 288 g/mol. The Morgan fingerprint density at radius 1 is 1.53 bits per heavy atom. The molecule has 0 fully saturated rings. The summed E-state index contributed by atoms with van der Waals surface area (Å²) in [7, 11) is 1.01. The lowest BCUT2D eigenvalue weighted by atomic mass is 10.1. The summed E-state index contributed by atoms with van der Waals surface area (Å²) in [5.41, 5.74) is -1.21. The van der Waals surface area contributed by atoms with E-state index in [2.05, 4.69) is 9.47 Å². The third kappa shape index (κ3) is 3.50. The van der Waals surface area contributed by atoms with Crippen molar-refractivity contribution in [3.63, 3.8) is 0 Å². The first-order valence-corrected chi connectivity index (χ1v) is 5.34. The first-order chi connectivity index (χ1) is 8.90. The molecule has 19 heavy (non-hydrogen) atoms. The average molecular weight is 296 g/mol. The monoisotopic (exact) mass is 295 g/mol. The molecule has 0 bridgehead atoms. The van der Waals surface area contributed by atoms with Crippen molar-refractivity contribution in [2.75, 3.05) is 7.11 Å². The molecular formula is C10H8ClF2NO5. The highest BCUT2D eigenvalue weighted by Crippen LogP contribution is 2.31. The Balaban J connectivity index is 3.45. The largest absolute Gasteiger partial charge is 0.465 e. The van der Waals surface area contributed by atoms with Crippen LogP contribution in [-0.2, 0) is 10.6 Å². The summed E-state index contributed by atoms with van der Waals surface area (Å²) in [4.78, 5) is 21.5. The van der Waals surface area contributed by atoms with Crippen molar-refractivity contribution in [3.05, 3.63) is 33.4 Å². The van der Waals surface area contributed by atoms with E-state index in [4.69, 9.17) is 11.6 Å². The van der Waals surface area contributed by atoms with Crippen LogP contribution in [0.1, 0.15) is 15.9 Å². The van der Waals surface area contributed by atoms with E-state index in [1.807, 2.05) is 0 Å². The van der Waals surface area contributed by atoms with Crippen LogP contribution in [0.4, 0.5) is 14.5 Å². The summed E-state index contributed by atoms with van der Waals surface area (Å²) in [6.07, 6.45) is 0. The third-order valence-corrected chi connectivity index (χ3v) is 2.41. The Labute approximate surface area is 111 Å². The van der Waals surface area contributed by atoms with Crippen LogP contribution in [0.5, 0.6) is 5.75 Å². The maximum absolute atomic E-state index is 12.1. The molecule has 0 saturated carbocycles. The summed E-state index contributed by atoms with van der Waals surface area (Å²) in [6, 6.07) is 1.79. The molecule has 0 N–H and O–H groups in total. The van der Waals surface area contributed by atoms with Gasteiger partial charge in [-0.25, -0.2) is 4.79 Å². The van der Waals surface area contributed by atoms with Crippen molar-refractivity contribution >= 4 is 23.3 Å². The van der Waals surface area contributed by atoms with Gasteiger partial charge in [-0.1, -0.05) is 0 Å². The van der Waals surface area contributed by atoms with Gasteiger partial charge in [0.1, 0.15) is 11.3 Å². The lowest BCUT2D eigenvalue weighted by molar-refractivity contribution is -0.385. The van der Waals surface area contributed by atoms with Crippen LogP contribution in [0.2, 0.25) is 0 Å². The molecule has 104 valence electrons. The molecule has 1 aromatic carbocycles. The van der Waals surface area contributed by atoms with E-state index in [9.17, 15) is 23.7 Å². The molecule has 0 unspecified atom stereocenters. The molecule has 0 amide bonds. The number of hydrogen-bond acceptors (Lipinski definition) is 5. The number of rotatable bonds is 5. The number of alkyl halides is 3. The number of ether oxygens (including phenoxy) is 2. The summed E-state index contributed by atoms with van der Waals surface area (Å²) < 4.78 is 32.7. The SMILES string of the molecule is COC(=O)c1cc(OC(F)F)cc(CCl)c1[N+](=O)[O-]. The second kappa shape index (κ2) is 6.28. The molecule has 0 aliphatic rings. The number of nitro groups is 1. The van der Waals surface area contributed by atoms with Crippen LogP contribution >= 0.6 is 11.6 Å². The van der Waals surface area contributed by atoms with Crippen LogP contribution in [0.3, 0.4) is 0 Å². The van der Waals surface area contributed by atoms with Gasteiger partial charge in [0.2, 0.25) is 0 Å². The van der Waals surface area contributed by atoms with Gasteiger partial charge < -0.3 is 9.47 Å². The normalized spacial score (nSPS) is 10.4. The Morgan fingerprint density at radius 3 is 2.58 bits per heavy atom. The minimum Gasteiger partial charge on any atom is -0.465 e. The second-order valence-corrected chi connectivity index (χ2v) is 3.51. The molecule has 0 spiro atoms.